The van der Waals surface area contributed by atoms with Gasteiger partial charge in [0.15, 0.2) is 0 Å². The number of amides is 1. The van der Waals surface area contributed by atoms with Gasteiger partial charge in [-0.3, -0.25) is 9.69 Å². The zero-order valence-electron chi connectivity index (χ0n) is 11.5. The van der Waals surface area contributed by atoms with Crippen molar-refractivity contribution in [2.45, 2.75) is 19.4 Å². The number of thiocarbonyl (C=S) groups is 1. The zero-order valence-corrected chi connectivity index (χ0v) is 12.3. The molecule has 1 aromatic heterocycles. The lowest BCUT2D eigenvalue weighted by atomic mass is 10.3. The van der Waals surface area contributed by atoms with Crippen molar-refractivity contribution in [1.29, 1.82) is 0 Å². The van der Waals surface area contributed by atoms with Crippen LogP contribution in [0.25, 0.3) is 0 Å². The van der Waals surface area contributed by atoms with Crippen LogP contribution in [0.15, 0.2) is 22.8 Å². The molecule has 1 heterocycles. The predicted octanol–water partition coefficient (Wildman–Crippen LogP) is 1.24. The van der Waals surface area contributed by atoms with Gasteiger partial charge in [-0.05, 0) is 19.2 Å². The second-order valence-electron chi connectivity index (χ2n) is 4.60. The SMILES string of the molecule is CN(CCC(=O)N(C)CCC(N)=S)Cc1ccco1. The number of carbonyl (C=O) groups excluding carboxylic acids is 1. The van der Waals surface area contributed by atoms with Gasteiger partial charge in [-0.1, -0.05) is 12.2 Å². The van der Waals surface area contributed by atoms with Gasteiger partial charge >= 0.3 is 0 Å². The van der Waals surface area contributed by atoms with Gasteiger partial charge in [0.1, 0.15) is 5.76 Å². The van der Waals surface area contributed by atoms with Crippen LogP contribution in [0.3, 0.4) is 0 Å². The number of nitrogens with zero attached hydrogens (tertiary/aromatic N) is 2. The third kappa shape index (κ3) is 6.35. The molecule has 0 unspecified atom stereocenters. The van der Waals surface area contributed by atoms with E-state index in [1.54, 1.807) is 18.2 Å². The molecule has 0 saturated carbocycles. The van der Waals surface area contributed by atoms with Gasteiger partial charge in [-0.15, -0.1) is 0 Å². The Hall–Kier alpha value is -1.40. The average Bonchev–Trinajstić information content (AvgIpc) is 2.85. The van der Waals surface area contributed by atoms with Crippen molar-refractivity contribution in [3.8, 4) is 0 Å². The second kappa shape index (κ2) is 7.91. The van der Waals surface area contributed by atoms with Crippen LogP contribution >= 0.6 is 12.2 Å². The minimum Gasteiger partial charge on any atom is -0.468 e. The van der Waals surface area contributed by atoms with Crippen LogP contribution in [-0.4, -0.2) is 47.9 Å². The van der Waals surface area contributed by atoms with Crippen molar-refractivity contribution in [2.24, 2.45) is 5.73 Å². The molecule has 0 saturated heterocycles. The predicted molar refractivity (Wildman–Crippen MR) is 78.7 cm³/mol. The minimum absolute atomic E-state index is 0.0996. The first-order chi connectivity index (χ1) is 8.99. The molecule has 19 heavy (non-hydrogen) atoms. The fraction of sp³-hybridized carbons (Fsp3) is 0.538. The van der Waals surface area contributed by atoms with E-state index in [4.69, 9.17) is 22.4 Å². The van der Waals surface area contributed by atoms with E-state index in [0.717, 1.165) is 5.76 Å². The van der Waals surface area contributed by atoms with E-state index >= 15 is 0 Å². The fourth-order valence-electron chi connectivity index (χ4n) is 1.63. The monoisotopic (exact) mass is 283 g/mol. The van der Waals surface area contributed by atoms with E-state index in [1.165, 1.54) is 0 Å². The van der Waals surface area contributed by atoms with Crippen molar-refractivity contribution >= 4 is 23.1 Å². The van der Waals surface area contributed by atoms with Gasteiger partial charge in [0.05, 0.1) is 17.8 Å². The molecule has 0 fully saturated rings. The van der Waals surface area contributed by atoms with Gasteiger partial charge < -0.3 is 15.1 Å². The normalized spacial score (nSPS) is 10.7. The van der Waals surface area contributed by atoms with Crippen LogP contribution in [0.2, 0.25) is 0 Å². The summed E-state index contributed by atoms with van der Waals surface area (Å²) in [5.41, 5.74) is 5.41. The summed E-state index contributed by atoms with van der Waals surface area (Å²) in [6.07, 6.45) is 2.70. The molecule has 6 heteroatoms. The Labute approximate surface area is 119 Å². The minimum atomic E-state index is 0.0996. The van der Waals surface area contributed by atoms with E-state index in [-0.39, 0.29) is 5.91 Å². The van der Waals surface area contributed by atoms with Crippen LogP contribution in [0, 0.1) is 0 Å². The molecule has 0 aliphatic rings. The highest BCUT2D eigenvalue weighted by molar-refractivity contribution is 7.80. The summed E-state index contributed by atoms with van der Waals surface area (Å²) in [6, 6.07) is 3.78. The first kappa shape index (κ1) is 15.7. The molecule has 0 aromatic carbocycles. The maximum atomic E-state index is 11.9. The summed E-state index contributed by atoms with van der Waals surface area (Å²) in [7, 11) is 3.73. The highest BCUT2D eigenvalue weighted by atomic mass is 32.1. The van der Waals surface area contributed by atoms with E-state index in [0.29, 0.717) is 37.5 Å². The number of rotatable bonds is 8. The third-order valence-electron chi connectivity index (χ3n) is 2.83. The fourth-order valence-corrected chi connectivity index (χ4v) is 1.72. The molecule has 106 valence electrons. The summed E-state index contributed by atoms with van der Waals surface area (Å²) in [6.45, 7) is 1.98. The Kier molecular flexibility index (Phi) is 6.52. The maximum Gasteiger partial charge on any atom is 0.223 e. The molecule has 0 atom stereocenters. The lowest BCUT2D eigenvalue weighted by Gasteiger charge is -2.19. The number of nitrogens with two attached hydrogens (primary N) is 1. The van der Waals surface area contributed by atoms with E-state index in [9.17, 15) is 4.79 Å². The highest BCUT2D eigenvalue weighted by Gasteiger charge is 2.10. The Morgan fingerprint density at radius 3 is 2.68 bits per heavy atom. The molecule has 0 radical (unpaired) electrons. The van der Waals surface area contributed by atoms with Gasteiger partial charge in [-0.2, -0.15) is 0 Å². The quantitative estimate of drug-likeness (QED) is 0.727. The molecule has 1 aromatic rings. The Morgan fingerprint density at radius 1 is 1.37 bits per heavy atom. The highest BCUT2D eigenvalue weighted by Crippen LogP contribution is 2.04. The number of hydrogen-bond acceptors (Lipinski definition) is 4. The van der Waals surface area contributed by atoms with Crippen molar-refractivity contribution in [3.05, 3.63) is 24.2 Å². The Bertz CT molecular complexity index is 406. The maximum absolute atomic E-state index is 11.9. The summed E-state index contributed by atoms with van der Waals surface area (Å²) in [5.74, 6) is 0.999. The lowest BCUT2D eigenvalue weighted by Crippen LogP contribution is -2.32. The number of hydrogen-bond donors (Lipinski definition) is 1. The number of carbonyl (C=O) groups is 1. The lowest BCUT2D eigenvalue weighted by molar-refractivity contribution is -0.130. The molecule has 5 nitrogen and oxygen atoms in total. The largest absolute Gasteiger partial charge is 0.468 e. The first-order valence-corrected chi connectivity index (χ1v) is 6.63. The first-order valence-electron chi connectivity index (χ1n) is 6.22. The summed E-state index contributed by atoms with van der Waals surface area (Å²) in [4.78, 5) is 16.0. The number of furan rings is 1. The van der Waals surface area contributed by atoms with Crippen molar-refractivity contribution < 1.29 is 9.21 Å². The van der Waals surface area contributed by atoms with Crippen LogP contribution in [0.4, 0.5) is 0 Å². The van der Waals surface area contributed by atoms with Crippen molar-refractivity contribution in [2.75, 3.05) is 27.2 Å². The van der Waals surface area contributed by atoms with Crippen LogP contribution < -0.4 is 5.73 Å². The Balaban J connectivity index is 2.23. The third-order valence-corrected chi connectivity index (χ3v) is 3.04. The molecule has 0 bridgehead atoms. The van der Waals surface area contributed by atoms with Crippen molar-refractivity contribution in [3.63, 3.8) is 0 Å². The van der Waals surface area contributed by atoms with Crippen molar-refractivity contribution in [1.82, 2.24) is 9.80 Å². The smallest absolute Gasteiger partial charge is 0.223 e. The average molecular weight is 283 g/mol. The van der Waals surface area contributed by atoms with Crippen LogP contribution in [0.5, 0.6) is 0 Å². The molecule has 0 aliphatic carbocycles. The van der Waals surface area contributed by atoms with Gasteiger partial charge in [-0.25, -0.2) is 0 Å². The Morgan fingerprint density at radius 2 is 2.11 bits per heavy atom. The van der Waals surface area contributed by atoms with E-state index in [1.807, 2.05) is 19.2 Å². The van der Waals surface area contributed by atoms with Gasteiger partial charge in [0.2, 0.25) is 5.91 Å². The standard InChI is InChI=1S/C13H21N3O2S/c1-15(10-11-4-3-9-18-11)7-6-13(17)16(2)8-5-12(14)19/h3-4,9H,5-8,10H2,1-2H3,(H2,14,19). The topological polar surface area (TPSA) is 62.7 Å². The van der Waals surface area contributed by atoms with Crippen LogP contribution in [-0.2, 0) is 11.3 Å². The van der Waals surface area contributed by atoms with E-state index < -0.39 is 0 Å². The summed E-state index contributed by atoms with van der Waals surface area (Å²) in [5, 5.41) is 0. The summed E-state index contributed by atoms with van der Waals surface area (Å²) < 4.78 is 5.26. The van der Waals surface area contributed by atoms with Crippen LogP contribution in [0.1, 0.15) is 18.6 Å². The second-order valence-corrected chi connectivity index (χ2v) is 5.12. The molecular weight excluding hydrogens is 262 g/mol. The van der Waals surface area contributed by atoms with E-state index in [2.05, 4.69) is 4.90 Å². The summed E-state index contributed by atoms with van der Waals surface area (Å²) >= 11 is 4.79. The molecule has 0 spiro atoms. The molecular formula is C13H21N3O2S. The molecule has 1 amide bonds. The molecule has 1 rings (SSSR count). The zero-order chi connectivity index (χ0) is 14.3. The van der Waals surface area contributed by atoms with Gasteiger partial charge in [0.25, 0.3) is 0 Å². The molecule has 2 N–H and O–H groups in total. The van der Waals surface area contributed by atoms with Gasteiger partial charge in [0, 0.05) is 33.0 Å². The molecule has 0 aliphatic heterocycles.